The molecule has 0 heterocycles. The van der Waals surface area contributed by atoms with Gasteiger partial charge in [0.1, 0.15) is 0 Å². The Morgan fingerprint density at radius 1 is 0.714 bits per heavy atom. The zero-order valence-corrected chi connectivity index (χ0v) is 14.1. The first kappa shape index (κ1) is 20.2. The number of hydrogen-bond acceptors (Lipinski definition) is 1. The summed E-state index contributed by atoms with van der Waals surface area (Å²) in [6, 6.07) is 0. The fourth-order valence-electron chi connectivity index (χ4n) is 2.59. The van der Waals surface area contributed by atoms with Crippen LogP contribution in [0, 0.1) is 0 Å². The van der Waals surface area contributed by atoms with Crippen molar-refractivity contribution in [3.05, 3.63) is 12.2 Å². The number of aliphatic carboxylic acids is 1. The lowest BCUT2D eigenvalue weighted by Crippen LogP contribution is -1.93. The van der Waals surface area contributed by atoms with Gasteiger partial charge in [0.2, 0.25) is 0 Å². The molecule has 0 aliphatic rings. The standard InChI is InChI=1S/C19H36O2/c1-2-3-4-5-6-7-8-9-10-11-12-13-14-15-16-17-18-19(20)21/h3-4H,2,5-18H2,1H3,(H,20,21). The minimum Gasteiger partial charge on any atom is -0.481 e. The second-order valence-corrected chi connectivity index (χ2v) is 6.05. The average molecular weight is 296 g/mol. The fraction of sp³-hybridized carbons (Fsp3) is 0.842. The zero-order valence-electron chi connectivity index (χ0n) is 14.1. The van der Waals surface area contributed by atoms with Crippen LogP contribution < -0.4 is 0 Å². The topological polar surface area (TPSA) is 37.3 Å². The first-order valence-electron chi connectivity index (χ1n) is 9.14. The van der Waals surface area contributed by atoms with E-state index < -0.39 is 5.97 Å². The highest BCUT2D eigenvalue weighted by Gasteiger charge is 1.96. The highest BCUT2D eigenvalue weighted by molar-refractivity contribution is 5.66. The van der Waals surface area contributed by atoms with Crippen molar-refractivity contribution in [1.29, 1.82) is 0 Å². The summed E-state index contributed by atoms with van der Waals surface area (Å²) >= 11 is 0. The first-order valence-corrected chi connectivity index (χ1v) is 9.14. The molecular formula is C19H36O2. The summed E-state index contributed by atoms with van der Waals surface area (Å²) < 4.78 is 0. The minimum atomic E-state index is -0.656. The molecule has 21 heavy (non-hydrogen) atoms. The SMILES string of the molecule is CCC=CCCCCCCCCCCCCCCC(=O)O. The van der Waals surface area contributed by atoms with Crippen LogP contribution in [0.4, 0.5) is 0 Å². The van der Waals surface area contributed by atoms with E-state index >= 15 is 0 Å². The van der Waals surface area contributed by atoms with Crippen LogP contribution in [0.25, 0.3) is 0 Å². The maximum Gasteiger partial charge on any atom is 0.303 e. The van der Waals surface area contributed by atoms with Crippen molar-refractivity contribution in [3.8, 4) is 0 Å². The summed E-state index contributed by atoms with van der Waals surface area (Å²) in [6.45, 7) is 2.19. The molecule has 0 spiro atoms. The second kappa shape index (κ2) is 17.3. The Labute approximate surface area is 132 Å². The van der Waals surface area contributed by atoms with E-state index in [1.165, 1.54) is 77.0 Å². The number of hydrogen-bond donors (Lipinski definition) is 1. The lowest BCUT2D eigenvalue weighted by molar-refractivity contribution is -0.137. The number of unbranched alkanes of at least 4 members (excludes halogenated alkanes) is 12. The number of allylic oxidation sites excluding steroid dienone is 2. The van der Waals surface area contributed by atoms with Crippen molar-refractivity contribution < 1.29 is 9.90 Å². The highest BCUT2D eigenvalue weighted by atomic mass is 16.4. The van der Waals surface area contributed by atoms with Gasteiger partial charge in [0.25, 0.3) is 0 Å². The third-order valence-corrected chi connectivity index (χ3v) is 3.91. The van der Waals surface area contributed by atoms with E-state index in [0.717, 1.165) is 12.8 Å². The molecule has 0 bridgehead atoms. The van der Waals surface area contributed by atoms with E-state index in [2.05, 4.69) is 19.1 Å². The van der Waals surface area contributed by atoms with Gasteiger partial charge < -0.3 is 5.11 Å². The summed E-state index contributed by atoms with van der Waals surface area (Å²) in [5.41, 5.74) is 0. The van der Waals surface area contributed by atoms with Crippen LogP contribution in [0.1, 0.15) is 103 Å². The largest absolute Gasteiger partial charge is 0.481 e. The maximum absolute atomic E-state index is 10.3. The molecule has 0 aromatic heterocycles. The molecule has 0 aromatic carbocycles. The minimum absolute atomic E-state index is 0.342. The molecular weight excluding hydrogens is 260 g/mol. The molecule has 0 aliphatic carbocycles. The second-order valence-electron chi connectivity index (χ2n) is 6.05. The van der Waals surface area contributed by atoms with Crippen LogP contribution in [-0.2, 0) is 4.79 Å². The Kier molecular flexibility index (Phi) is 16.6. The van der Waals surface area contributed by atoms with E-state index in [9.17, 15) is 4.79 Å². The molecule has 0 rings (SSSR count). The van der Waals surface area contributed by atoms with Gasteiger partial charge in [-0.2, -0.15) is 0 Å². The molecule has 2 nitrogen and oxygen atoms in total. The fourth-order valence-corrected chi connectivity index (χ4v) is 2.59. The number of rotatable bonds is 16. The zero-order chi connectivity index (χ0) is 15.6. The molecule has 2 heteroatoms. The Hall–Kier alpha value is -0.790. The Morgan fingerprint density at radius 3 is 1.57 bits per heavy atom. The third kappa shape index (κ3) is 19.2. The van der Waals surface area contributed by atoms with Gasteiger partial charge in [0.15, 0.2) is 0 Å². The number of carboxylic acids is 1. The molecule has 0 aliphatic heterocycles. The molecule has 124 valence electrons. The molecule has 0 radical (unpaired) electrons. The monoisotopic (exact) mass is 296 g/mol. The van der Waals surface area contributed by atoms with Crippen LogP contribution in [0.5, 0.6) is 0 Å². The van der Waals surface area contributed by atoms with Crippen molar-refractivity contribution in [2.45, 2.75) is 103 Å². The van der Waals surface area contributed by atoms with E-state index in [-0.39, 0.29) is 0 Å². The lowest BCUT2D eigenvalue weighted by atomic mass is 10.0. The van der Waals surface area contributed by atoms with E-state index in [0.29, 0.717) is 6.42 Å². The first-order chi connectivity index (χ1) is 10.3. The third-order valence-electron chi connectivity index (χ3n) is 3.91. The quantitative estimate of drug-likeness (QED) is 0.261. The van der Waals surface area contributed by atoms with E-state index in [1.807, 2.05) is 0 Å². The summed E-state index contributed by atoms with van der Waals surface area (Å²) in [4.78, 5) is 10.3. The van der Waals surface area contributed by atoms with Gasteiger partial charge in [0, 0.05) is 6.42 Å². The van der Waals surface area contributed by atoms with Gasteiger partial charge in [-0.15, -0.1) is 0 Å². The van der Waals surface area contributed by atoms with Crippen molar-refractivity contribution >= 4 is 5.97 Å². The van der Waals surface area contributed by atoms with Crippen LogP contribution in [-0.4, -0.2) is 11.1 Å². The molecule has 0 unspecified atom stereocenters. The molecule has 0 saturated heterocycles. The van der Waals surface area contributed by atoms with E-state index in [1.54, 1.807) is 0 Å². The Balaban J connectivity index is 2.99. The normalized spacial score (nSPS) is 11.3. The maximum atomic E-state index is 10.3. The van der Waals surface area contributed by atoms with Crippen molar-refractivity contribution in [2.75, 3.05) is 0 Å². The number of carboxylic acid groups (broad SMARTS) is 1. The van der Waals surface area contributed by atoms with Gasteiger partial charge in [-0.1, -0.05) is 83.3 Å². The smallest absolute Gasteiger partial charge is 0.303 e. The summed E-state index contributed by atoms with van der Waals surface area (Å²) in [5, 5.41) is 8.53. The van der Waals surface area contributed by atoms with Crippen molar-refractivity contribution in [1.82, 2.24) is 0 Å². The van der Waals surface area contributed by atoms with Gasteiger partial charge >= 0.3 is 5.97 Å². The molecule has 0 atom stereocenters. The van der Waals surface area contributed by atoms with Crippen LogP contribution in [0.15, 0.2) is 12.2 Å². The molecule has 0 aromatic rings. The van der Waals surface area contributed by atoms with Crippen molar-refractivity contribution in [3.63, 3.8) is 0 Å². The summed E-state index contributed by atoms with van der Waals surface area (Å²) in [7, 11) is 0. The van der Waals surface area contributed by atoms with Gasteiger partial charge in [-0.05, 0) is 25.7 Å². The van der Waals surface area contributed by atoms with Crippen molar-refractivity contribution in [2.24, 2.45) is 0 Å². The predicted molar refractivity (Wildman–Crippen MR) is 91.7 cm³/mol. The van der Waals surface area contributed by atoms with E-state index in [4.69, 9.17) is 5.11 Å². The molecule has 0 saturated carbocycles. The van der Waals surface area contributed by atoms with Crippen LogP contribution in [0.2, 0.25) is 0 Å². The van der Waals surface area contributed by atoms with Gasteiger partial charge in [-0.3, -0.25) is 4.79 Å². The van der Waals surface area contributed by atoms with Gasteiger partial charge in [-0.25, -0.2) is 0 Å². The average Bonchev–Trinajstić information content (AvgIpc) is 2.46. The van der Waals surface area contributed by atoms with Crippen LogP contribution >= 0.6 is 0 Å². The predicted octanol–water partition coefficient (Wildman–Crippen LogP) is 6.50. The Morgan fingerprint density at radius 2 is 1.14 bits per heavy atom. The highest BCUT2D eigenvalue weighted by Crippen LogP contribution is 2.13. The van der Waals surface area contributed by atoms with Gasteiger partial charge in [0.05, 0.1) is 0 Å². The molecule has 0 fully saturated rings. The number of carbonyl (C=O) groups is 1. The summed E-state index contributed by atoms with van der Waals surface area (Å²) in [5.74, 6) is -0.656. The Bertz CT molecular complexity index is 246. The molecule has 0 amide bonds. The lowest BCUT2D eigenvalue weighted by Gasteiger charge is -2.02. The molecule has 1 N–H and O–H groups in total. The van der Waals surface area contributed by atoms with Crippen LogP contribution in [0.3, 0.4) is 0 Å². The summed E-state index contributed by atoms with van der Waals surface area (Å²) in [6.07, 6.45) is 22.8.